The van der Waals surface area contributed by atoms with E-state index in [9.17, 15) is 9.18 Å². The molecule has 116 valence electrons. The fraction of sp³-hybridized carbons (Fsp3) is 0.222. The molecule has 1 saturated carbocycles. The topological polar surface area (TPSA) is 54.0 Å². The van der Waals surface area contributed by atoms with E-state index in [1.165, 1.54) is 12.3 Å². The minimum atomic E-state index is -0.244. The minimum Gasteiger partial charge on any atom is -0.367 e. The quantitative estimate of drug-likeness (QED) is 0.835. The SMILES string of the molecule is C#CCNC(=O)c1ccc(N[C@@H]2C[C@H]2c2cccc(F)c2)nc1. The summed E-state index contributed by atoms with van der Waals surface area (Å²) in [5.74, 6) is 2.88. The van der Waals surface area contributed by atoms with Gasteiger partial charge in [-0.05, 0) is 36.2 Å². The molecule has 0 saturated heterocycles. The minimum absolute atomic E-state index is 0.191. The van der Waals surface area contributed by atoms with Gasteiger partial charge in [-0.2, -0.15) is 0 Å². The number of nitrogens with one attached hydrogen (secondary N) is 2. The normalized spacial score (nSPS) is 18.8. The fourth-order valence-corrected chi connectivity index (χ4v) is 2.50. The van der Waals surface area contributed by atoms with Gasteiger partial charge in [-0.15, -0.1) is 6.42 Å². The van der Waals surface area contributed by atoms with Gasteiger partial charge in [0.2, 0.25) is 0 Å². The Balaban J connectivity index is 1.58. The van der Waals surface area contributed by atoms with Crippen molar-refractivity contribution in [2.75, 3.05) is 11.9 Å². The number of hydrogen-bond acceptors (Lipinski definition) is 3. The summed E-state index contributed by atoms with van der Waals surface area (Å²) in [6.45, 7) is 0.191. The van der Waals surface area contributed by atoms with Crippen LogP contribution in [0.4, 0.5) is 10.2 Å². The Morgan fingerprint density at radius 3 is 2.96 bits per heavy atom. The first-order chi connectivity index (χ1) is 11.2. The van der Waals surface area contributed by atoms with Gasteiger partial charge >= 0.3 is 0 Å². The Kier molecular flexibility index (Phi) is 4.24. The summed E-state index contributed by atoms with van der Waals surface area (Å²) >= 11 is 0. The summed E-state index contributed by atoms with van der Waals surface area (Å²) < 4.78 is 13.2. The van der Waals surface area contributed by atoms with Crippen LogP contribution in [0.2, 0.25) is 0 Å². The van der Waals surface area contributed by atoms with Crippen LogP contribution in [0.5, 0.6) is 0 Å². The van der Waals surface area contributed by atoms with E-state index in [1.54, 1.807) is 24.3 Å². The predicted octanol–water partition coefficient (Wildman–Crippen LogP) is 2.55. The largest absolute Gasteiger partial charge is 0.367 e. The van der Waals surface area contributed by atoms with Crippen LogP contribution >= 0.6 is 0 Å². The molecule has 2 atom stereocenters. The van der Waals surface area contributed by atoms with Crippen molar-refractivity contribution in [2.24, 2.45) is 0 Å². The van der Waals surface area contributed by atoms with Gasteiger partial charge in [0, 0.05) is 18.2 Å². The number of amides is 1. The first-order valence-corrected chi connectivity index (χ1v) is 7.37. The Labute approximate surface area is 134 Å². The smallest absolute Gasteiger partial charge is 0.253 e. The highest BCUT2D eigenvalue weighted by molar-refractivity contribution is 5.94. The molecule has 0 spiro atoms. The molecule has 2 N–H and O–H groups in total. The van der Waals surface area contributed by atoms with Gasteiger partial charge < -0.3 is 10.6 Å². The molecule has 1 aromatic heterocycles. The number of carbonyl (C=O) groups is 1. The first kappa shape index (κ1) is 15.0. The first-order valence-electron chi connectivity index (χ1n) is 7.37. The van der Waals surface area contributed by atoms with Crippen LogP contribution in [0.3, 0.4) is 0 Å². The Bertz CT molecular complexity index is 752. The van der Waals surface area contributed by atoms with E-state index < -0.39 is 0 Å². The number of hydrogen-bond donors (Lipinski definition) is 2. The molecule has 1 aromatic carbocycles. The molecule has 23 heavy (non-hydrogen) atoms. The van der Waals surface area contributed by atoms with Crippen molar-refractivity contribution in [3.63, 3.8) is 0 Å². The van der Waals surface area contributed by atoms with Gasteiger partial charge in [-0.25, -0.2) is 9.37 Å². The molecule has 3 rings (SSSR count). The van der Waals surface area contributed by atoms with E-state index in [-0.39, 0.29) is 24.3 Å². The lowest BCUT2D eigenvalue weighted by Crippen LogP contribution is -2.23. The van der Waals surface area contributed by atoms with Gasteiger partial charge in [0.25, 0.3) is 5.91 Å². The van der Waals surface area contributed by atoms with E-state index in [0.717, 1.165) is 12.0 Å². The molecule has 2 aromatic rings. The average Bonchev–Trinajstić information content (AvgIpc) is 3.32. The van der Waals surface area contributed by atoms with Gasteiger partial charge in [-0.3, -0.25) is 4.79 Å². The van der Waals surface area contributed by atoms with E-state index in [4.69, 9.17) is 6.42 Å². The number of halogens is 1. The summed E-state index contributed by atoms with van der Waals surface area (Å²) in [6.07, 6.45) is 7.54. The second-order valence-electron chi connectivity index (χ2n) is 5.47. The van der Waals surface area contributed by atoms with Crippen molar-refractivity contribution in [1.82, 2.24) is 10.3 Å². The Morgan fingerprint density at radius 1 is 1.39 bits per heavy atom. The standard InChI is InChI=1S/C18H16FN3O/c1-2-8-20-18(23)13-6-7-17(21-11-13)22-16-10-15(16)12-4-3-5-14(19)9-12/h1,3-7,9,11,15-16H,8,10H2,(H,20,23)(H,21,22)/t15-,16+/m0/s1. The maximum absolute atomic E-state index is 13.2. The third-order valence-electron chi connectivity index (χ3n) is 3.78. The van der Waals surface area contributed by atoms with Crippen molar-refractivity contribution in [3.8, 4) is 12.3 Å². The van der Waals surface area contributed by atoms with Crippen LogP contribution in [0, 0.1) is 18.2 Å². The molecule has 0 aliphatic heterocycles. The zero-order valence-corrected chi connectivity index (χ0v) is 12.4. The third kappa shape index (κ3) is 3.67. The van der Waals surface area contributed by atoms with Crippen LogP contribution in [0.25, 0.3) is 0 Å². The molecule has 1 amide bonds. The van der Waals surface area contributed by atoms with Crippen LogP contribution < -0.4 is 10.6 Å². The maximum atomic E-state index is 13.2. The molecule has 5 heteroatoms. The van der Waals surface area contributed by atoms with Crippen LogP contribution in [-0.4, -0.2) is 23.5 Å². The van der Waals surface area contributed by atoms with Crippen molar-refractivity contribution in [3.05, 3.63) is 59.5 Å². The highest BCUT2D eigenvalue weighted by atomic mass is 19.1. The van der Waals surface area contributed by atoms with Crippen molar-refractivity contribution in [1.29, 1.82) is 0 Å². The molecule has 1 heterocycles. The molecule has 1 aliphatic rings. The number of aromatic nitrogens is 1. The molecular formula is C18H16FN3O. The van der Waals surface area contributed by atoms with Crippen LogP contribution in [0.15, 0.2) is 42.6 Å². The van der Waals surface area contributed by atoms with Gasteiger partial charge in [0.1, 0.15) is 11.6 Å². The van der Waals surface area contributed by atoms with E-state index >= 15 is 0 Å². The Hall–Kier alpha value is -2.87. The average molecular weight is 309 g/mol. The molecule has 0 radical (unpaired) electrons. The van der Waals surface area contributed by atoms with E-state index in [1.807, 2.05) is 6.07 Å². The number of pyridine rings is 1. The molecule has 1 fully saturated rings. The second-order valence-corrected chi connectivity index (χ2v) is 5.47. The lowest BCUT2D eigenvalue weighted by molar-refractivity contribution is 0.0958. The van der Waals surface area contributed by atoms with Crippen LogP contribution in [0.1, 0.15) is 28.3 Å². The van der Waals surface area contributed by atoms with E-state index in [0.29, 0.717) is 17.3 Å². The molecule has 0 bridgehead atoms. The summed E-state index contributed by atoms with van der Waals surface area (Å²) in [7, 11) is 0. The zero-order valence-electron chi connectivity index (χ0n) is 12.4. The number of terminal acetylenes is 1. The number of carbonyl (C=O) groups excluding carboxylic acids is 1. The number of benzene rings is 1. The second kappa shape index (κ2) is 6.49. The summed E-state index contributed by atoms with van der Waals surface area (Å²) in [6, 6.07) is 10.4. The van der Waals surface area contributed by atoms with E-state index in [2.05, 4.69) is 21.5 Å². The van der Waals surface area contributed by atoms with Crippen LogP contribution in [-0.2, 0) is 0 Å². The highest BCUT2D eigenvalue weighted by Gasteiger charge is 2.38. The zero-order chi connectivity index (χ0) is 16.2. The summed E-state index contributed by atoms with van der Waals surface area (Å²) in [4.78, 5) is 16.0. The van der Waals surface area contributed by atoms with Gasteiger partial charge in [0.15, 0.2) is 0 Å². The van der Waals surface area contributed by atoms with Crippen molar-refractivity contribution < 1.29 is 9.18 Å². The highest BCUT2D eigenvalue weighted by Crippen LogP contribution is 2.42. The molecule has 4 nitrogen and oxygen atoms in total. The third-order valence-corrected chi connectivity index (χ3v) is 3.78. The summed E-state index contributed by atoms with van der Waals surface area (Å²) in [5, 5.41) is 5.88. The number of anilines is 1. The molecular weight excluding hydrogens is 293 g/mol. The lowest BCUT2D eigenvalue weighted by Gasteiger charge is -2.06. The maximum Gasteiger partial charge on any atom is 0.253 e. The van der Waals surface area contributed by atoms with Crippen molar-refractivity contribution in [2.45, 2.75) is 18.4 Å². The van der Waals surface area contributed by atoms with Gasteiger partial charge in [0.05, 0.1) is 12.1 Å². The van der Waals surface area contributed by atoms with Crippen molar-refractivity contribution >= 4 is 11.7 Å². The molecule has 0 unspecified atom stereocenters. The Morgan fingerprint density at radius 2 is 2.26 bits per heavy atom. The number of nitrogens with zero attached hydrogens (tertiary/aromatic N) is 1. The predicted molar refractivity (Wildman–Crippen MR) is 86.6 cm³/mol. The monoisotopic (exact) mass is 309 g/mol. The number of rotatable bonds is 5. The van der Waals surface area contributed by atoms with Gasteiger partial charge in [-0.1, -0.05) is 18.1 Å². The fourth-order valence-electron chi connectivity index (χ4n) is 2.50. The summed E-state index contributed by atoms with van der Waals surface area (Å²) in [5.41, 5.74) is 1.45. The lowest BCUT2D eigenvalue weighted by atomic mass is 10.1. The molecule has 1 aliphatic carbocycles.